The predicted molar refractivity (Wildman–Crippen MR) is 75.0 cm³/mol. The lowest BCUT2D eigenvalue weighted by Crippen LogP contribution is -2.39. The number of hydrogen-bond donors (Lipinski definition) is 0. The fraction of sp³-hybridized carbons (Fsp3) is 0.571. The zero-order valence-corrected chi connectivity index (χ0v) is 12.7. The van der Waals surface area contributed by atoms with Crippen LogP contribution in [-0.4, -0.2) is 33.6 Å². The van der Waals surface area contributed by atoms with E-state index in [1.807, 2.05) is 18.7 Å². The minimum Gasteiger partial charge on any atom is -0.337 e. The van der Waals surface area contributed by atoms with E-state index in [1.54, 1.807) is 0 Å². The first-order valence-electron chi connectivity index (χ1n) is 6.76. The summed E-state index contributed by atoms with van der Waals surface area (Å²) in [6.07, 6.45) is -1.51. The number of carbonyl (C=O) groups is 1. The van der Waals surface area contributed by atoms with Crippen LogP contribution >= 0.6 is 11.8 Å². The first-order chi connectivity index (χ1) is 9.79. The Hall–Kier alpha value is -1.24. The van der Waals surface area contributed by atoms with Crippen molar-refractivity contribution in [3.63, 3.8) is 0 Å². The Bertz CT molecular complexity index is 496. The van der Waals surface area contributed by atoms with Crippen LogP contribution in [-0.2, 0) is 11.0 Å². The molecule has 0 aliphatic heterocycles. The van der Waals surface area contributed by atoms with Gasteiger partial charge in [0.1, 0.15) is 0 Å². The number of nitrogens with zero attached hydrogens (tertiary/aromatic N) is 2. The number of halogens is 3. The van der Waals surface area contributed by atoms with Gasteiger partial charge in [0.25, 0.3) is 0 Å². The van der Waals surface area contributed by atoms with Gasteiger partial charge in [-0.2, -0.15) is 13.2 Å². The van der Waals surface area contributed by atoms with Crippen LogP contribution < -0.4 is 0 Å². The zero-order valence-electron chi connectivity index (χ0n) is 11.9. The Morgan fingerprint density at radius 3 is 2.52 bits per heavy atom. The molecule has 0 unspecified atom stereocenters. The van der Waals surface area contributed by atoms with E-state index in [9.17, 15) is 18.0 Å². The molecular formula is C14H17F3N2OS. The van der Waals surface area contributed by atoms with E-state index >= 15 is 0 Å². The molecule has 1 saturated carbocycles. The Kier molecular flexibility index (Phi) is 4.81. The van der Waals surface area contributed by atoms with Crippen molar-refractivity contribution in [2.45, 2.75) is 50.0 Å². The number of pyridine rings is 1. The highest BCUT2D eigenvalue weighted by Crippen LogP contribution is 2.31. The normalized spacial score (nSPS) is 15.3. The number of amides is 1. The van der Waals surface area contributed by atoms with E-state index in [4.69, 9.17) is 0 Å². The van der Waals surface area contributed by atoms with Gasteiger partial charge in [0, 0.05) is 18.3 Å². The van der Waals surface area contributed by atoms with Gasteiger partial charge in [0.2, 0.25) is 5.91 Å². The minimum atomic E-state index is -4.38. The van der Waals surface area contributed by atoms with Gasteiger partial charge in [-0.05, 0) is 38.8 Å². The molecule has 1 aliphatic carbocycles. The number of carbonyl (C=O) groups excluding carboxylic acids is 1. The molecule has 1 aromatic rings. The summed E-state index contributed by atoms with van der Waals surface area (Å²) in [5.41, 5.74) is -0.778. The Labute approximate surface area is 125 Å². The molecule has 1 aliphatic rings. The van der Waals surface area contributed by atoms with Gasteiger partial charge < -0.3 is 4.90 Å². The van der Waals surface area contributed by atoms with Crippen molar-refractivity contribution >= 4 is 17.7 Å². The maximum absolute atomic E-state index is 12.4. The average molecular weight is 318 g/mol. The molecule has 1 aromatic heterocycles. The van der Waals surface area contributed by atoms with Gasteiger partial charge in [-0.15, -0.1) is 0 Å². The van der Waals surface area contributed by atoms with Crippen LogP contribution in [0.1, 0.15) is 32.3 Å². The number of alkyl halides is 3. The van der Waals surface area contributed by atoms with Crippen molar-refractivity contribution in [2.24, 2.45) is 0 Å². The molecule has 0 saturated heterocycles. The Morgan fingerprint density at radius 1 is 1.43 bits per heavy atom. The molecule has 0 atom stereocenters. The van der Waals surface area contributed by atoms with Crippen LogP contribution in [0.15, 0.2) is 23.4 Å². The van der Waals surface area contributed by atoms with Crippen molar-refractivity contribution in [3.05, 3.63) is 23.9 Å². The van der Waals surface area contributed by atoms with Gasteiger partial charge in [-0.1, -0.05) is 11.8 Å². The highest BCUT2D eigenvalue weighted by Gasteiger charge is 2.34. The second-order valence-electron chi connectivity index (χ2n) is 5.30. The number of hydrogen-bond acceptors (Lipinski definition) is 3. The monoisotopic (exact) mass is 318 g/mol. The molecule has 3 nitrogen and oxygen atoms in total. The maximum Gasteiger partial charge on any atom is 0.417 e. The molecule has 1 heterocycles. The molecule has 0 bridgehead atoms. The number of thioether (sulfide) groups is 1. The molecule has 1 amide bonds. The summed E-state index contributed by atoms with van der Waals surface area (Å²) in [5, 5.41) is 0.427. The Balaban J connectivity index is 1.92. The summed E-state index contributed by atoms with van der Waals surface area (Å²) in [7, 11) is 0. The summed E-state index contributed by atoms with van der Waals surface area (Å²) in [5.74, 6) is 0.215. The Morgan fingerprint density at radius 2 is 2.10 bits per heavy atom. The molecule has 2 rings (SSSR count). The summed E-state index contributed by atoms with van der Waals surface area (Å²) < 4.78 is 37.2. The van der Waals surface area contributed by atoms with Crippen LogP contribution in [0.4, 0.5) is 13.2 Å². The summed E-state index contributed by atoms with van der Waals surface area (Å²) in [6.45, 7) is 3.94. The minimum absolute atomic E-state index is 0.0131. The SMILES string of the molecule is CC(C)N(C(=O)CSc1ccc(C(F)(F)F)cn1)C1CC1. The van der Waals surface area contributed by atoms with Crippen molar-refractivity contribution in [3.8, 4) is 0 Å². The summed E-state index contributed by atoms with van der Waals surface area (Å²) in [6, 6.07) is 2.77. The van der Waals surface area contributed by atoms with Crippen molar-refractivity contribution in [1.82, 2.24) is 9.88 Å². The third-order valence-electron chi connectivity index (χ3n) is 3.19. The largest absolute Gasteiger partial charge is 0.417 e. The molecule has 0 radical (unpaired) electrons. The molecular weight excluding hydrogens is 301 g/mol. The van der Waals surface area contributed by atoms with Crippen molar-refractivity contribution in [1.29, 1.82) is 0 Å². The van der Waals surface area contributed by atoms with E-state index in [0.717, 1.165) is 25.1 Å². The standard InChI is InChI=1S/C14H17F3N2OS/c1-9(2)19(11-4-5-11)13(20)8-21-12-6-3-10(7-18-12)14(15,16)17/h3,6-7,9,11H,4-5,8H2,1-2H3. The number of aromatic nitrogens is 1. The van der Waals surface area contributed by atoms with Crippen LogP contribution in [0.3, 0.4) is 0 Å². The molecule has 1 fully saturated rings. The van der Waals surface area contributed by atoms with Crippen LogP contribution in [0, 0.1) is 0 Å². The topological polar surface area (TPSA) is 33.2 Å². The highest BCUT2D eigenvalue weighted by molar-refractivity contribution is 7.99. The average Bonchev–Trinajstić information content (AvgIpc) is 3.20. The van der Waals surface area contributed by atoms with E-state index in [0.29, 0.717) is 11.1 Å². The van der Waals surface area contributed by atoms with Crippen LogP contribution in [0.2, 0.25) is 0 Å². The quantitative estimate of drug-likeness (QED) is 0.778. The second-order valence-corrected chi connectivity index (χ2v) is 6.29. The van der Waals surface area contributed by atoms with Gasteiger partial charge in [0.15, 0.2) is 0 Å². The predicted octanol–water partition coefficient (Wildman–Crippen LogP) is 3.59. The maximum atomic E-state index is 12.4. The molecule has 7 heteroatoms. The van der Waals surface area contributed by atoms with Gasteiger partial charge in [-0.3, -0.25) is 4.79 Å². The summed E-state index contributed by atoms with van der Waals surface area (Å²) in [4.78, 5) is 17.8. The van der Waals surface area contributed by atoms with E-state index in [-0.39, 0.29) is 17.7 Å². The molecule has 0 spiro atoms. The molecule has 21 heavy (non-hydrogen) atoms. The van der Waals surface area contributed by atoms with Gasteiger partial charge in [-0.25, -0.2) is 4.98 Å². The lowest BCUT2D eigenvalue weighted by Gasteiger charge is -2.26. The van der Waals surface area contributed by atoms with Crippen molar-refractivity contribution < 1.29 is 18.0 Å². The molecule has 116 valence electrons. The third-order valence-corrected chi connectivity index (χ3v) is 4.12. The molecule has 0 N–H and O–H groups in total. The fourth-order valence-corrected chi connectivity index (χ4v) is 2.82. The second kappa shape index (κ2) is 6.25. The van der Waals surface area contributed by atoms with E-state index < -0.39 is 11.7 Å². The van der Waals surface area contributed by atoms with E-state index in [2.05, 4.69) is 4.98 Å². The van der Waals surface area contributed by atoms with Crippen LogP contribution in [0.25, 0.3) is 0 Å². The first kappa shape index (κ1) is 16.1. The van der Waals surface area contributed by atoms with Crippen LogP contribution in [0.5, 0.6) is 0 Å². The first-order valence-corrected chi connectivity index (χ1v) is 7.75. The summed E-state index contributed by atoms with van der Waals surface area (Å²) >= 11 is 1.17. The zero-order chi connectivity index (χ0) is 15.6. The smallest absolute Gasteiger partial charge is 0.337 e. The highest BCUT2D eigenvalue weighted by atomic mass is 32.2. The lowest BCUT2D eigenvalue weighted by molar-refractivity contribution is -0.138. The lowest BCUT2D eigenvalue weighted by atomic mass is 10.3. The van der Waals surface area contributed by atoms with Gasteiger partial charge in [0.05, 0.1) is 16.3 Å². The third kappa shape index (κ3) is 4.36. The number of rotatable bonds is 5. The fourth-order valence-electron chi connectivity index (χ4n) is 2.11. The molecule has 0 aromatic carbocycles. The van der Waals surface area contributed by atoms with Gasteiger partial charge >= 0.3 is 6.18 Å². The van der Waals surface area contributed by atoms with Crippen molar-refractivity contribution in [2.75, 3.05) is 5.75 Å². The van der Waals surface area contributed by atoms with E-state index in [1.165, 1.54) is 17.8 Å².